The molecule has 1 fully saturated rings. The average Bonchev–Trinajstić information content (AvgIpc) is 2.65. The van der Waals surface area contributed by atoms with Gasteiger partial charge in [0.15, 0.2) is 0 Å². The minimum absolute atomic E-state index is 0.00250. The van der Waals surface area contributed by atoms with Crippen LogP contribution in [0.25, 0.3) is 0 Å². The minimum Gasteiger partial charge on any atom is -0.369 e. The molecular weight excluding hydrogens is 341 g/mol. The molecule has 27 heavy (non-hydrogen) atoms. The molecule has 144 valence electrons. The number of piperazine rings is 1. The number of nitrogens with zero attached hydrogens (tertiary/aromatic N) is 2. The number of amides is 1. The van der Waals surface area contributed by atoms with Gasteiger partial charge in [0.2, 0.25) is 5.91 Å². The van der Waals surface area contributed by atoms with Crippen LogP contribution in [-0.2, 0) is 4.79 Å². The van der Waals surface area contributed by atoms with Crippen LogP contribution in [0.2, 0.25) is 0 Å². The highest BCUT2D eigenvalue weighted by molar-refractivity contribution is 5.78. The fourth-order valence-corrected chi connectivity index (χ4v) is 3.42. The smallest absolute Gasteiger partial charge is 0.234 e. The van der Waals surface area contributed by atoms with E-state index in [1.165, 1.54) is 23.3 Å². The number of halogens is 1. The summed E-state index contributed by atoms with van der Waals surface area (Å²) in [6, 6.07) is 12.9. The standard InChI is InChI=1S/C22H28FN3O/c1-16-4-5-19(14-17(16)2)18(3)24-22(27)15-25-10-12-26(13-11-25)21-8-6-20(23)7-9-21/h4-9,14,18H,10-13,15H2,1-3H3,(H,24,27)/t18-/m1/s1. The van der Waals surface area contributed by atoms with E-state index in [4.69, 9.17) is 0 Å². The molecule has 3 rings (SSSR count). The van der Waals surface area contributed by atoms with Gasteiger partial charge in [0, 0.05) is 31.9 Å². The van der Waals surface area contributed by atoms with Gasteiger partial charge in [0.25, 0.3) is 0 Å². The summed E-state index contributed by atoms with van der Waals surface area (Å²) in [7, 11) is 0. The van der Waals surface area contributed by atoms with Crippen LogP contribution < -0.4 is 10.2 Å². The Morgan fingerprint density at radius 1 is 1.04 bits per heavy atom. The second-order valence-electron chi connectivity index (χ2n) is 7.37. The molecule has 1 N–H and O–H groups in total. The van der Waals surface area contributed by atoms with E-state index in [1.807, 2.05) is 19.1 Å². The Kier molecular flexibility index (Phi) is 6.11. The SMILES string of the molecule is Cc1ccc([C@@H](C)NC(=O)CN2CCN(c3ccc(F)cc3)CC2)cc1C. The summed E-state index contributed by atoms with van der Waals surface area (Å²) in [5.74, 6) is -0.164. The molecule has 1 saturated heterocycles. The Labute approximate surface area is 161 Å². The molecule has 0 radical (unpaired) electrons. The number of hydrogen-bond acceptors (Lipinski definition) is 3. The predicted molar refractivity (Wildman–Crippen MR) is 108 cm³/mol. The van der Waals surface area contributed by atoms with Crippen LogP contribution in [0.1, 0.15) is 29.7 Å². The zero-order valence-electron chi connectivity index (χ0n) is 16.3. The molecule has 0 bridgehead atoms. The lowest BCUT2D eigenvalue weighted by Crippen LogP contribution is -2.49. The first-order valence-corrected chi connectivity index (χ1v) is 9.52. The number of hydrogen-bond donors (Lipinski definition) is 1. The number of benzene rings is 2. The summed E-state index contributed by atoms with van der Waals surface area (Å²) in [6.45, 7) is 9.94. The van der Waals surface area contributed by atoms with E-state index < -0.39 is 0 Å². The Morgan fingerprint density at radius 2 is 1.70 bits per heavy atom. The zero-order valence-corrected chi connectivity index (χ0v) is 16.3. The van der Waals surface area contributed by atoms with Gasteiger partial charge in [-0.3, -0.25) is 9.69 Å². The summed E-state index contributed by atoms with van der Waals surface area (Å²) < 4.78 is 13.1. The number of anilines is 1. The van der Waals surface area contributed by atoms with E-state index in [0.29, 0.717) is 6.54 Å². The topological polar surface area (TPSA) is 35.6 Å². The third-order valence-corrected chi connectivity index (χ3v) is 5.34. The number of carbonyl (C=O) groups is 1. The molecule has 0 saturated carbocycles. The second-order valence-corrected chi connectivity index (χ2v) is 7.37. The van der Waals surface area contributed by atoms with Gasteiger partial charge in [0.1, 0.15) is 5.82 Å². The Morgan fingerprint density at radius 3 is 2.33 bits per heavy atom. The van der Waals surface area contributed by atoms with E-state index in [0.717, 1.165) is 37.4 Å². The summed E-state index contributed by atoms with van der Waals surface area (Å²) in [5, 5.41) is 3.10. The Balaban J connectivity index is 1.47. The highest BCUT2D eigenvalue weighted by Gasteiger charge is 2.20. The molecule has 1 atom stereocenters. The van der Waals surface area contributed by atoms with Gasteiger partial charge >= 0.3 is 0 Å². The molecule has 1 heterocycles. The first-order chi connectivity index (χ1) is 12.9. The Bertz CT molecular complexity index is 783. The molecule has 0 spiro atoms. The predicted octanol–water partition coefficient (Wildman–Crippen LogP) is 3.44. The van der Waals surface area contributed by atoms with Crippen molar-refractivity contribution in [1.29, 1.82) is 0 Å². The number of carbonyl (C=O) groups excluding carboxylic acids is 1. The molecule has 2 aromatic carbocycles. The van der Waals surface area contributed by atoms with Crippen molar-refractivity contribution in [3.63, 3.8) is 0 Å². The average molecular weight is 369 g/mol. The molecule has 1 aliphatic heterocycles. The maximum absolute atomic E-state index is 13.1. The van der Waals surface area contributed by atoms with Crippen LogP contribution in [0, 0.1) is 19.7 Å². The van der Waals surface area contributed by atoms with Crippen LogP contribution >= 0.6 is 0 Å². The van der Waals surface area contributed by atoms with E-state index in [9.17, 15) is 9.18 Å². The molecule has 2 aromatic rings. The van der Waals surface area contributed by atoms with Crippen LogP contribution in [0.5, 0.6) is 0 Å². The maximum atomic E-state index is 13.1. The van der Waals surface area contributed by atoms with Gasteiger partial charge in [-0.25, -0.2) is 4.39 Å². The van der Waals surface area contributed by atoms with E-state index in [-0.39, 0.29) is 17.8 Å². The highest BCUT2D eigenvalue weighted by atomic mass is 19.1. The summed E-state index contributed by atoms with van der Waals surface area (Å²) in [6.07, 6.45) is 0. The fourth-order valence-electron chi connectivity index (χ4n) is 3.42. The van der Waals surface area contributed by atoms with Crippen molar-refractivity contribution in [2.75, 3.05) is 37.6 Å². The quantitative estimate of drug-likeness (QED) is 0.877. The van der Waals surface area contributed by atoms with Gasteiger partial charge in [-0.05, 0) is 61.7 Å². The lowest BCUT2D eigenvalue weighted by atomic mass is 10.0. The largest absolute Gasteiger partial charge is 0.369 e. The van der Waals surface area contributed by atoms with Gasteiger partial charge < -0.3 is 10.2 Å². The van der Waals surface area contributed by atoms with Crippen molar-refractivity contribution < 1.29 is 9.18 Å². The molecule has 5 heteroatoms. The molecule has 1 aliphatic rings. The summed E-state index contributed by atoms with van der Waals surface area (Å²) in [5.41, 5.74) is 4.67. The van der Waals surface area contributed by atoms with Crippen molar-refractivity contribution in [2.45, 2.75) is 26.8 Å². The van der Waals surface area contributed by atoms with Crippen LogP contribution in [-0.4, -0.2) is 43.5 Å². The number of nitrogens with one attached hydrogen (secondary N) is 1. The van der Waals surface area contributed by atoms with E-state index in [1.54, 1.807) is 0 Å². The normalized spacial score (nSPS) is 16.2. The Hall–Kier alpha value is -2.40. The highest BCUT2D eigenvalue weighted by Crippen LogP contribution is 2.18. The molecular formula is C22H28FN3O. The first-order valence-electron chi connectivity index (χ1n) is 9.52. The van der Waals surface area contributed by atoms with Crippen LogP contribution in [0.3, 0.4) is 0 Å². The number of rotatable bonds is 5. The van der Waals surface area contributed by atoms with Gasteiger partial charge in [-0.2, -0.15) is 0 Å². The molecule has 4 nitrogen and oxygen atoms in total. The van der Waals surface area contributed by atoms with Gasteiger partial charge in [0.05, 0.1) is 12.6 Å². The fraction of sp³-hybridized carbons (Fsp3) is 0.409. The number of aryl methyl sites for hydroxylation is 2. The van der Waals surface area contributed by atoms with Crippen LogP contribution in [0.4, 0.5) is 10.1 Å². The van der Waals surface area contributed by atoms with Gasteiger partial charge in [-0.1, -0.05) is 18.2 Å². The summed E-state index contributed by atoms with van der Waals surface area (Å²) in [4.78, 5) is 16.8. The minimum atomic E-state index is -0.216. The van der Waals surface area contributed by atoms with Crippen molar-refractivity contribution in [2.24, 2.45) is 0 Å². The van der Waals surface area contributed by atoms with Crippen molar-refractivity contribution in [3.05, 3.63) is 65.0 Å². The lowest BCUT2D eigenvalue weighted by Gasteiger charge is -2.35. The summed E-state index contributed by atoms with van der Waals surface area (Å²) >= 11 is 0. The van der Waals surface area contributed by atoms with Crippen molar-refractivity contribution in [1.82, 2.24) is 10.2 Å². The van der Waals surface area contributed by atoms with E-state index >= 15 is 0 Å². The molecule has 0 unspecified atom stereocenters. The van der Waals surface area contributed by atoms with Crippen molar-refractivity contribution >= 4 is 11.6 Å². The zero-order chi connectivity index (χ0) is 19.4. The maximum Gasteiger partial charge on any atom is 0.234 e. The third-order valence-electron chi connectivity index (χ3n) is 5.34. The second kappa shape index (κ2) is 8.53. The third kappa shape index (κ3) is 5.07. The van der Waals surface area contributed by atoms with Gasteiger partial charge in [-0.15, -0.1) is 0 Å². The monoisotopic (exact) mass is 369 g/mol. The lowest BCUT2D eigenvalue weighted by molar-refractivity contribution is -0.123. The van der Waals surface area contributed by atoms with E-state index in [2.05, 4.69) is 47.2 Å². The molecule has 1 amide bonds. The van der Waals surface area contributed by atoms with Crippen LogP contribution in [0.15, 0.2) is 42.5 Å². The molecule has 0 aliphatic carbocycles. The first kappa shape index (κ1) is 19.4. The molecule has 0 aromatic heterocycles. The van der Waals surface area contributed by atoms with Crippen molar-refractivity contribution in [3.8, 4) is 0 Å².